The van der Waals surface area contributed by atoms with Crippen LogP contribution in [0.5, 0.6) is 0 Å². The highest BCUT2D eigenvalue weighted by Gasteiger charge is 2.04. The van der Waals surface area contributed by atoms with Crippen LogP contribution >= 0.6 is 11.3 Å². The summed E-state index contributed by atoms with van der Waals surface area (Å²) in [6.45, 7) is 0.636. The maximum absolute atomic E-state index is 4.23. The lowest BCUT2D eigenvalue weighted by Crippen LogP contribution is -2.03. The zero-order valence-corrected chi connectivity index (χ0v) is 9.16. The maximum Gasteiger partial charge on any atom is 0.147 e. The number of hydrogen-bond acceptors (Lipinski definition) is 5. The SMILES string of the molecule is c1c[nH]c(CNc2ncnc3ccsc23)n1. The Morgan fingerprint density at radius 3 is 3.19 bits per heavy atom. The average Bonchev–Trinajstić information content (AvgIpc) is 2.97. The fraction of sp³-hybridized carbons (Fsp3) is 0.100. The Kier molecular flexibility index (Phi) is 2.26. The minimum atomic E-state index is 0.636. The molecule has 0 radical (unpaired) electrons. The molecule has 0 spiro atoms. The molecular formula is C10H9N5S. The predicted octanol–water partition coefficient (Wildman–Crippen LogP) is 2.03. The molecule has 0 saturated heterocycles. The van der Waals surface area contributed by atoms with Crippen molar-refractivity contribution in [2.45, 2.75) is 6.54 Å². The highest BCUT2D eigenvalue weighted by molar-refractivity contribution is 7.17. The van der Waals surface area contributed by atoms with Gasteiger partial charge in [0.15, 0.2) is 0 Å². The van der Waals surface area contributed by atoms with E-state index in [2.05, 4.69) is 25.3 Å². The molecule has 3 aromatic rings. The van der Waals surface area contributed by atoms with Crippen LogP contribution in [0.3, 0.4) is 0 Å². The molecule has 0 unspecified atom stereocenters. The molecule has 16 heavy (non-hydrogen) atoms. The van der Waals surface area contributed by atoms with Gasteiger partial charge in [0.1, 0.15) is 18.0 Å². The number of fused-ring (bicyclic) bond motifs is 1. The van der Waals surface area contributed by atoms with Crippen molar-refractivity contribution in [1.82, 2.24) is 19.9 Å². The quantitative estimate of drug-likeness (QED) is 0.723. The summed E-state index contributed by atoms with van der Waals surface area (Å²) in [5, 5.41) is 5.25. The van der Waals surface area contributed by atoms with Gasteiger partial charge in [0, 0.05) is 12.4 Å². The summed E-state index contributed by atoms with van der Waals surface area (Å²) >= 11 is 1.63. The second-order valence-electron chi connectivity index (χ2n) is 3.25. The van der Waals surface area contributed by atoms with E-state index in [-0.39, 0.29) is 0 Å². The van der Waals surface area contributed by atoms with Gasteiger partial charge in [-0.15, -0.1) is 11.3 Å². The van der Waals surface area contributed by atoms with Crippen LogP contribution in [0.25, 0.3) is 10.2 Å². The van der Waals surface area contributed by atoms with Crippen LogP contribution in [0.4, 0.5) is 5.82 Å². The molecule has 0 atom stereocenters. The summed E-state index contributed by atoms with van der Waals surface area (Å²) < 4.78 is 1.08. The van der Waals surface area contributed by atoms with Crippen LogP contribution in [0.2, 0.25) is 0 Å². The first kappa shape index (κ1) is 9.29. The first-order valence-electron chi connectivity index (χ1n) is 4.84. The highest BCUT2D eigenvalue weighted by Crippen LogP contribution is 2.24. The number of nitrogens with one attached hydrogen (secondary N) is 2. The number of anilines is 1. The number of H-pyrrole nitrogens is 1. The molecule has 5 nitrogen and oxygen atoms in total. The van der Waals surface area contributed by atoms with Gasteiger partial charge in [-0.3, -0.25) is 0 Å². The van der Waals surface area contributed by atoms with Crippen molar-refractivity contribution in [1.29, 1.82) is 0 Å². The summed E-state index contributed by atoms with van der Waals surface area (Å²) in [4.78, 5) is 15.6. The first-order chi connectivity index (χ1) is 7.93. The van der Waals surface area contributed by atoms with Gasteiger partial charge >= 0.3 is 0 Å². The van der Waals surface area contributed by atoms with Crippen molar-refractivity contribution in [3.8, 4) is 0 Å². The Balaban J connectivity index is 1.86. The molecule has 0 aliphatic heterocycles. The molecule has 3 rings (SSSR count). The smallest absolute Gasteiger partial charge is 0.147 e. The topological polar surface area (TPSA) is 66.5 Å². The number of thiophene rings is 1. The molecule has 0 aliphatic rings. The van der Waals surface area contributed by atoms with Crippen LogP contribution in [0, 0.1) is 0 Å². The lowest BCUT2D eigenvalue weighted by Gasteiger charge is -2.03. The summed E-state index contributed by atoms with van der Waals surface area (Å²) in [7, 11) is 0. The maximum atomic E-state index is 4.23. The Labute approximate surface area is 95.6 Å². The third-order valence-corrected chi connectivity index (χ3v) is 3.13. The molecule has 6 heteroatoms. The number of hydrogen-bond donors (Lipinski definition) is 2. The Bertz CT molecular complexity index is 586. The fourth-order valence-corrected chi connectivity index (χ4v) is 2.29. The van der Waals surface area contributed by atoms with Crippen LogP contribution < -0.4 is 5.32 Å². The number of aromatic amines is 1. The predicted molar refractivity (Wildman–Crippen MR) is 63.3 cm³/mol. The second kappa shape index (κ2) is 3.90. The summed E-state index contributed by atoms with van der Waals surface area (Å²) in [6, 6.07) is 1.99. The van der Waals surface area contributed by atoms with Crippen LogP contribution in [0.1, 0.15) is 5.82 Å². The first-order valence-corrected chi connectivity index (χ1v) is 5.72. The number of nitrogens with zero attached hydrogens (tertiary/aromatic N) is 3. The largest absolute Gasteiger partial charge is 0.362 e. The van der Waals surface area contributed by atoms with Crippen molar-refractivity contribution in [2.75, 3.05) is 5.32 Å². The lowest BCUT2D eigenvalue weighted by molar-refractivity contribution is 0.989. The van der Waals surface area contributed by atoms with E-state index in [4.69, 9.17) is 0 Å². The van der Waals surface area contributed by atoms with Gasteiger partial charge < -0.3 is 10.3 Å². The fourth-order valence-electron chi connectivity index (χ4n) is 1.48. The number of aromatic nitrogens is 4. The van der Waals surface area contributed by atoms with E-state index in [1.165, 1.54) is 0 Å². The summed E-state index contributed by atoms with van der Waals surface area (Å²) in [5.41, 5.74) is 0.974. The van der Waals surface area contributed by atoms with Crippen molar-refractivity contribution in [3.63, 3.8) is 0 Å². The third-order valence-electron chi connectivity index (χ3n) is 2.22. The van der Waals surface area contributed by atoms with Gasteiger partial charge in [-0.05, 0) is 11.4 Å². The average molecular weight is 231 g/mol. The van der Waals surface area contributed by atoms with E-state index in [0.29, 0.717) is 6.54 Å². The molecular weight excluding hydrogens is 222 g/mol. The standard InChI is InChI=1S/C10H9N5S/c1-4-16-9-7(1)14-6-15-10(9)13-5-8-11-2-3-12-8/h1-4,6H,5H2,(H,11,12)(H,13,14,15). The van der Waals surface area contributed by atoms with E-state index in [1.54, 1.807) is 30.1 Å². The van der Waals surface area contributed by atoms with Crippen LogP contribution in [-0.4, -0.2) is 19.9 Å². The normalized spacial score (nSPS) is 10.8. The van der Waals surface area contributed by atoms with E-state index in [0.717, 1.165) is 21.9 Å². The van der Waals surface area contributed by atoms with Gasteiger partial charge in [-0.2, -0.15) is 0 Å². The molecule has 3 aromatic heterocycles. The van der Waals surface area contributed by atoms with Crippen LogP contribution in [-0.2, 0) is 6.54 Å². The zero-order chi connectivity index (χ0) is 10.8. The zero-order valence-electron chi connectivity index (χ0n) is 8.34. The van der Waals surface area contributed by atoms with Crippen molar-refractivity contribution in [2.24, 2.45) is 0 Å². The van der Waals surface area contributed by atoms with E-state index >= 15 is 0 Å². The Morgan fingerprint density at radius 2 is 2.31 bits per heavy atom. The van der Waals surface area contributed by atoms with E-state index in [9.17, 15) is 0 Å². The molecule has 0 aliphatic carbocycles. The van der Waals surface area contributed by atoms with Crippen molar-refractivity contribution < 1.29 is 0 Å². The molecule has 0 aromatic carbocycles. The second-order valence-corrected chi connectivity index (χ2v) is 4.16. The van der Waals surface area contributed by atoms with Crippen molar-refractivity contribution >= 4 is 27.4 Å². The van der Waals surface area contributed by atoms with Crippen LogP contribution in [0.15, 0.2) is 30.2 Å². The molecule has 0 saturated carbocycles. The summed E-state index contributed by atoms with van der Waals surface area (Å²) in [6.07, 6.45) is 5.11. The monoisotopic (exact) mass is 231 g/mol. The summed E-state index contributed by atoms with van der Waals surface area (Å²) in [5.74, 6) is 1.75. The molecule has 3 heterocycles. The Hall–Kier alpha value is -1.95. The van der Waals surface area contributed by atoms with Gasteiger partial charge in [0.2, 0.25) is 0 Å². The van der Waals surface area contributed by atoms with Crippen molar-refractivity contribution in [3.05, 3.63) is 36.0 Å². The van der Waals surface area contributed by atoms with Gasteiger partial charge in [-0.1, -0.05) is 0 Å². The molecule has 2 N–H and O–H groups in total. The lowest BCUT2D eigenvalue weighted by atomic mass is 10.4. The molecule has 0 bridgehead atoms. The van der Waals surface area contributed by atoms with E-state index in [1.807, 2.05) is 11.4 Å². The highest BCUT2D eigenvalue weighted by atomic mass is 32.1. The van der Waals surface area contributed by atoms with Gasteiger partial charge in [0.05, 0.1) is 16.8 Å². The molecule has 80 valence electrons. The van der Waals surface area contributed by atoms with E-state index < -0.39 is 0 Å². The van der Waals surface area contributed by atoms with Gasteiger partial charge in [-0.25, -0.2) is 15.0 Å². The molecule has 0 amide bonds. The number of imidazole rings is 1. The van der Waals surface area contributed by atoms with Gasteiger partial charge in [0.25, 0.3) is 0 Å². The number of rotatable bonds is 3. The minimum absolute atomic E-state index is 0.636. The molecule has 0 fully saturated rings. The third kappa shape index (κ3) is 1.63. The minimum Gasteiger partial charge on any atom is -0.362 e. The Morgan fingerprint density at radius 1 is 1.31 bits per heavy atom.